The highest BCUT2D eigenvalue weighted by molar-refractivity contribution is 6.31. The molecule has 0 fully saturated rings. The first-order valence-corrected chi connectivity index (χ1v) is 7.12. The maximum absolute atomic E-state index is 13.9. The van der Waals surface area contributed by atoms with Crippen molar-refractivity contribution in [1.29, 1.82) is 0 Å². The van der Waals surface area contributed by atoms with E-state index in [0.717, 1.165) is 11.0 Å². The van der Waals surface area contributed by atoms with E-state index in [-0.39, 0.29) is 12.2 Å². The molecule has 0 atom stereocenters. The molecule has 108 valence electrons. The molecule has 0 bridgehead atoms. The number of hydrogen-bond donors (Lipinski definition) is 0. The van der Waals surface area contributed by atoms with Gasteiger partial charge in [0.2, 0.25) is 0 Å². The highest BCUT2D eigenvalue weighted by Crippen LogP contribution is 2.21. The molecule has 3 aromatic rings. The van der Waals surface area contributed by atoms with Crippen molar-refractivity contribution in [2.75, 3.05) is 0 Å². The molecule has 0 amide bonds. The maximum Gasteiger partial charge on any atom is 0.329 e. The molecule has 0 N–H and O–H groups in total. The molecule has 0 aliphatic carbocycles. The number of hydrogen-bond acceptors (Lipinski definition) is 1. The van der Waals surface area contributed by atoms with Gasteiger partial charge in [-0.15, -0.1) is 0 Å². The molecule has 0 aliphatic heterocycles. The highest BCUT2D eigenvalue weighted by Gasteiger charge is 2.15. The van der Waals surface area contributed by atoms with Gasteiger partial charge in [-0.2, -0.15) is 0 Å². The summed E-state index contributed by atoms with van der Waals surface area (Å²) in [6.45, 7) is 2.60. The Labute approximate surface area is 126 Å². The van der Waals surface area contributed by atoms with E-state index >= 15 is 0 Å². The minimum Gasteiger partial charge on any atom is -0.292 e. The van der Waals surface area contributed by atoms with Crippen LogP contribution in [0, 0.1) is 5.82 Å². The van der Waals surface area contributed by atoms with Gasteiger partial charge in [0.1, 0.15) is 5.82 Å². The summed E-state index contributed by atoms with van der Waals surface area (Å²) in [4.78, 5) is 12.5. The zero-order chi connectivity index (χ0) is 15.0. The lowest BCUT2D eigenvalue weighted by Crippen LogP contribution is -2.24. The summed E-state index contributed by atoms with van der Waals surface area (Å²) < 4.78 is 17.2. The molecule has 21 heavy (non-hydrogen) atoms. The largest absolute Gasteiger partial charge is 0.329 e. The molecule has 0 saturated carbocycles. The number of aromatic nitrogens is 2. The predicted octanol–water partition coefficient (Wildman–Crippen LogP) is 3.66. The maximum atomic E-state index is 13.9. The smallest absolute Gasteiger partial charge is 0.292 e. The van der Waals surface area contributed by atoms with Gasteiger partial charge in [0.25, 0.3) is 0 Å². The lowest BCUT2D eigenvalue weighted by molar-refractivity contribution is 0.594. The van der Waals surface area contributed by atoms with Crippen LogP contribution in [0.25, 0.3) is 11.0 Å². The fourth-order valence-corrected chi connectivity index (χ4v) is 2.80. The molecule has 0 radical (unpaired) electrons. The van der Waals surface area contributed by atoms with Gasteiger partial charge in [0.05, 0.1) is 17.6 Å². The minimum absolute atomic E-state index is 0.123. The summed E-state index contributed by atoms with van der Waals surface area (Å²) in [5.74, 6) is -0.400. The van der Waals surface area contributed by atoms with Gasteiger partial charge in [-0.05, 0) is 31.2 Å². The van der Waals surface area contributed by atoms with Crippen molar-refractivity contribution < 1.29 is 4.39 Å². The number of halogens is 2. The molecule has 0 spiro atoms. The van der Waals surface area contributed by atoms with E-state index in [0.29, 0.717) is 17.1 Å². The van der Waals surface area contributed by atoms with Crippen LogP contribution in [0.3, 0.4) is 0 Å². The van der Waals surface area contributed by atoms with Crippen LogP contribution in [-0.4, -0.2) is 9.13 Å². The third kappa shape index (κ3) is 2.25. The number of rotatable bonds is 3. The second-order valence-corrected chi connectivity index (χ2v) is 5.21. The molecular formula is C16H14ClFN2O. The van der Waals surface area contributed by atoms with Crippen LogP contribution >= 0.6 is 11.6 Å². The molecule has 5 heteroatoms. The number of fused-ring (bicyclic) bond motifs is 1. The summed E-state index contributed by atoms with van der Waals surface area (Å²) in [5.41, 5.74) is 1.81. The zero-order valence-corrected chi connectivity index (χ0v) is 12.3. The summed E-state index contributed by atoms with van der Waals surface area (Å²) >= 11 is 6.06. The molecule has 3 rings (SSSR count). The minimum atomic E-state index is -0.400. The standard InChI is InChI=1S/C16H14ClFN2O/c1-2-19-14-8-3-4-9-15(14)20(16(19)21)10-11-12(17)6-5-7-13(11)18/h3-9H,2,10H2,1H3. The third-order valence-electron chi connectivity index (χ3n) is 3.62. The Morgan fingerprint density at radius 3 is 2.33 bits per heavy atom. The number of benzene rings is 2. The van der Waals surface area contributed by atoms with Crippen LogP contribution in [0.2, 0.25) is 5.02 Å². The Kier molecular flexibility index (Phi) is 3.55. The van der Waals surface area contributed by atoms with E-state index < -0.39 is 5.82 Å². The van der Waals surface area contributed by atoms with E-state index in [1.54, 1.807) is 21.3 Å². The number of nitrogens with zero attached hydrogens (tertiary/aromatic N) is 2. The highest BCUT2D eigenvalue weighted by atomic mass is 35.5. The molecule has 2 aromatic carbocycles. The van der Waals surface area contributed by atoms with Crippen molar-refractivity contribution in [1.82, 2.24) is 9.13 Å². The van der Waals surface area contributed by atoms with E-state index in [1.165, 1.54) is 6.07 Å². The number of para-hydroxylation sites is 2. The Morgan fingerprint density at radius 1 is 1.05 bits per heavy atom. The first kappa shape index (κ1) is 13.9. The van der Waals surface area contributed by atoms with Gasteiger partial charge in [-0.25, -0.2) is 9.18 Å². The fourth-order valence-electron chi connectivity index (χ4n) is 2.57. The Balaban J connectivity index is 2.22. The monoisotopic (exact) mass is 304 g/mol. The lowest BCUT2D eigenvalue weighted by Gasteiger charge is -2.07. The molecule has 0 aliphatic rings. The van der Waals surface area contributed by atoms with E-state index in [9.17, 15) is 9.18 Å². The third-order valence-corrected chi connectivity index (χ3v) is 3.97. The van der Waals surface area contributed by atoms with E-state index in [4.69, 9.17) is 11.6 Å². The van der Waals surface area contributed by atoms with E-state index in [2.05, 4.69) is 0 Å². The molecule has 1 heterocycles. The Bertz CT molecular complexity index is 846. The quantitative estimate of drug-likeness (QED) is 0.725. The lowest BCUT2D eigenvalue weighted by atomic mass is 10.2. The van der Waals surface area contributed by atoms with Crippen LogP contribution in [0.1, 0.15) is 12.5 Å². The molecular weight excluding hydrogens is 291 g/mol. The Morgan fingerprint density at radius 2 is 1.71 bits per heavy atom. The second kappa shape index (κ2) is 5.37. The normalized spacial score (nSPS) is 11.2. The van der Waals surface area contributed by atoms with Crippen molar-refractivity contribution in [2.45, 2.75) is 20.0 Å². The molecule has 0 unspecified atom stereocenters. The van der Waals surface area contributed by atoms with Gasteiger partial charge in [-0.1, -0.05) is 29.8 Å². The van der Waals surface area contributed by atoms with Crippen molar-refractivity contribution in [3.8, 4) is 0 Å². The predicted molar refractivity (Wildman–Crippen MR) is 82.4 cm³/mol. The number of imidazole rings is 1. The first-order valence-electron chi connectivity index (χ1n) is 6.74. The second-order valence-electron chi connectivity index (χ2n) is 4.80. The summed E-state index contributed by atoms with van der Waals surface area (Å²) in [6.07, 6.45) is 0. The van der Waals surface area contributed by atoms with Gasteiger partial charge in [-0.3, -0.25) is 9.13 Å². The van der Waals surface area contributed by atoms with Gasteiger partial charge < -0.3 is 0 Å². The van der Waals surface area contributed by atoms with Crippen molar-refractivity contribution >= 4 is 22.6 Å². The number of aryl methyl sites for hydroxylation is 1. The average molecular weight is 305 g/mol. The summed E-state index contributed by atoms with van der Waals surface area (Å²) in [7, 11) is 0. The van der Waals surface area contributed by atoms with Gasteiger partial charge in [0.15, 0.2) is 0 Å². The van der Waals surface area contributed by atoms with E-state index in [1.807, 2.05) is 31.2 Å². The molecule has 0 saturated heterocycles. The SMILES string of the molecule is CCn1c(=O)n(Cc2c(F)cccc2Cl)c2ccccc21. The zero-order valence-electron chi connectivity index (χ0n) is 11.5. The van der Waals surface area contributed by atoms with Crippen LogP contribution in [0.4, 0.5) is 4.39 Å². The van der Waals surface area contributed by atoms with Crippen LogP contribution in [-0.2, 0) is 13.1 Å². The fraction of sp³-hybridized carbons (Fsp3) is 0.188. The van der Waals surface area contributed by atoms with Gasteiger partial charge >= 0.3 is 5.69 Å². The topological polar surface area (TPSA) is 26.9 Å². The Hall–Kier alpha value is -2.07. The van der Waals surface area contributed by atoms with Crippen LogP contribution in [0.15, 0.2) is 47.3 Å². The van der Waals surface area contributed by atoms with Crippen LogP contribution < -0.4 is 5.69 Å². The van der Waals surface area contributed by atoms with Crippen molar-refractivity contribution in [2.24, 2.45) is 0 Å². The summed E-state index contributed by atoms with van der Waals surface area (Å²) in [5, 5.41) is 0.329. The van der Waals surface area contributed by atoms with Crippen molar-refractivity contribution in [3.05, 3.63) is 69.4 Å². The molecule has 3 nitrogen and oxygen atoms in total. The van der Waals surface area contributed by atoms with Gasteiger partial charge in [0, 0.05) is 17.1 Å². The molecule has 1 aromatic heterocycles. The summed E-state index contributed by atoms with van der Waals surface area (Å²) in [6, 6.07) is 12.0. The van der Waals surface area contributed by atoms with Crippen LogP contribution in [0.5, 0.6) is 0 Å². The van der Waals surface area contributed by atoms with Crippen molar-refractivity contribution in [3.63, 3.8) is 0 Å². The first-order chi connectivity index (χ1) is 10.1. The average Bonchev–Trinajstić information content (AvgIpc) is 2.75.